The van der Waals surface area contributed by atoms with Gasteiger partial charge in [0.2, 0.25) is 0 Å². The van der Waals surface area contributed by atoms with Crippen LogP contribution in [0.3, 0.4) is 0 Å². The number of halogens is 3. The van der Waals surface area contributed by atoms with E-state index in [4.69, 9.17) is 11.6 Å². The molecule has 0 radical (unpaired) electrons. The molecule has 0 bridgehead atoms. The van der Waals surface area contributed by atoms with Crippen LogP contribution >= 0.6 is 27.5 Å². The predicted octanol–water partition coefficient (Wildman–Crippen LogP) is 4.20. The van der Waals surface area contributed by atoms with Crippen molar-refractivity contribution in [3.8, 4) is 0 Å². The van der Waals surface area contributed by atoms with E-state index in [1.165, 1.54) is 6.07 Å². The number of hydrogen-bond acceptors (Lipinski definition) is 0. The van der Waals surface area contributed by atoms with Crippen LogP contribution in [0.5, 0.6) is 0 Å². The Balaban J connectivity index is 3.11. The molecule has 0 aliphatic carbocycles. The second-order valence-corrected chi connectivity index (χ2v) is 3.66. The molecule has 0 spiro atoms. The predicted molar refractivity (Wildman–Crippen MR) is 59.0 cm³/mol. The Kier molecular flexibility index (Phi) is 3.94. The van der Waals surface area contributed by atoms with Crippen molar-refractivity contribution in [2.24, 2.45) is 0 Å². The van der Waals surface area contributed by atoms with E-state index in [0.717, 1.165) is 10.9 Å². The average molecular weight is 264 g/mol. The molecule has 0 aliphatic heterocycles. The quantitative estimate of drug-likeness (QED) is 0.702. The van der Waals surface area contributed by atoms with E-state index in [1.807, 2.05) is 12.2 Å². The zero-order valence-electron chi connectivity index (χ0n) is 7.15. The molecule has 0 amide bonds. The first-order valence-electron chi connectivity index (χ1n) is 3.84. The smallest absolute Gasteiger partial charge is 0.127 e. The number of rotatable bonds is 2. The van der Waals surface area contributed by atoms with E-state index in [-0.39, 0.29) is 5.82 Å². The maximum atomic E-state index is 13.0. The van der Waals surface area contributed by atoms with E-state index < -0.39 is 0 Å². The van der Waals surface area contributed by atoms with E-state index in [0.29, 0.717) is 10.6 Å². The van der Waals surface area contributed by atoms with Crippen molar-refractivity contribution in [3.63, 3.8) is 0 Å². The number of alkyl halides is 1. The molecule has 0 aliphatic rings. The van der Waals surface area contributed by atoms with Crippen LogP contribution in [0.1, 0.15) is 11.1 Å². The Bertz CT molecular complexity index is 334. The second-order valence-electron chi connectivity index (χ2n) is 2.63. The Morgan fingerprint density at radius 3 is 2.85 bits per heavy atom. The van der Waals surface area contributed by atoms with Crippen LogP contribution in [0, 0.1) is 12.7 Å². The van der Waals surface area contributed by atoms with Crippen molar-refractivity contribution in [3.05, 3.63) is 40.2 Å². The van der Waals surface area contributed by atoms with E-state index in [2.05, 4.69) is 15.9 Å². The van der Waals surface area contributed by atoms with Crippen molar-refractivity contribution in [1.82, 2.24) is 0 Å². The minimum absolute atomic E-state index is 0.263. The van der Waals surface area contributed by atoms with Gasteiger partial charge >= 0.3 is 0 Å². The van der Waals surface area contributed by atoms with Gasteiger partial charge in [0, 0.05) is 10.9 Å². The molecular weight excluding hydrogens is 254 g/mol. The topological polar surface area (TPSA) is 0 Å². The molecule has 0 saturated heterocycles. The highest BCUT2D eigenvalue weighted by Crippen LogP contribution is 2.24. The van der Waals surface area contributed by atoms with Gasteiger partial charge in [0.1, 0.15) is 5.82 Å². The summed E-state index contributed by atoms with van der Waals surface area (Å²) in [7, 11) is 0. The molecule has 0 atom stereocenters. The first kappa shape index (κ1) is 10.7. The molecule has 1 aromatic rings. The van der Waals surface area contributed by atoms with Crippen molar-refractivity contribution in [1.29, 1.82) is 0 Å². The molecule has 0 unspecified atom stereocenters. The maximum Gasteiger partial charge on any atom is 0.127 e. The molecule has 0 heterocycles. The lowest BCUT2D eigenvalue weighted by atomic mass is 10.1. The van der Waals surface area contributed by atoms with Crippen LogP contribution in [0.15, 0.2) is 18.2 Å². The molecule has 70 valence electrons. The number of benzene rings is 1. The zero-order chi connectivity index (χ0) is 9.84. The standard InChI is InChI=1S/C10H9BrClF/c1-7-9(13)5-4-8(10(7)12)3-2-6-11/h2-5H,6H2,1H3. The highest BCUT2D eigenvalue weighted by Gasteiger charge is 2.04. The number of hydrogen-bond donors (Lipinski definition) is 0. The minimum Gasteiger partial charge on any atom is -0.207 e. The molecule has 3 heteroatoms. The summed E-state index contributed by atoms with van der Waals surface area (Å²) in [6.07, 6.45) is 3.78. The van der Waals surface area contributed by atoms with Gasteiger partial charge in [0.15, 0.2) is 0 Å². The largest absolute Gasteiger partial charge is 0.207 e. The molecule has 13 heavy (non-hydrogen) atoms. The van der Waals surface area contributed by atoms with Gasteiger partial charge in [0.05, 0.1) is 5.02 Å². The lowest BCUT2D eigenvalue weighted by molar-refractivity contribution is 0.618. The normalized spacial score (nSPS) is 11.1. The van der Waals surface area contributed by atoms with Gasteiger partial charge in [-0.15, -0.1) is 0 Å². The molecule has 0 aromatic heterocycles. The Morgan fingerprint density at radius 2 is 2.23 bits per heavy atom. The average Bonchev–Trinajstić information content (AvgIpc) is 2.13. The van der Waals surface area contributed by atoms with Gasteiger partial charge in [0.25, 0.3) is 0 Å². The third-order valence-electron chi connectivity index (χ3n) is 1.74. The van der Waals surface area contributed by atoms with Crippen molar-refractivity contribution < 1.29 is 4.39 Å². The maximum absolute atomic E-state index is 13.0. The monoisotopic (exact) mass is 262 g/mol. The van der Waals surface area contributed by atoms with Crippen LogP contribution < -0.4 is 0 Å². The minimum atomic E-state index is -0.263. The molecule has 0 N–H and O–H groups in total. The SMILES string of the molecule is Cc1c(F)ccc(C=CCBr)c1Cl. The van der Waals surface area contributed by atoms with Gasteiger partial charge in [-0.25, -0.2) is 4.39 Å². The Labute approximate surface area is 90.5 Å². The Hall–Kier alpha value is -0.340. The first-order valence-corrected chi connectivity index (χ1v) is 5.34. The summed E-state index contributed by atoms with van der Waals surface area (Å²) in [4.78, 5) is 0. The van der Waals surface area contributed by atoms with Crippen molar-refractivity contribution in [2.75, 3.05) is 5.33 Å². The second kappa shape index (κ2) is 4.77. The summed E-state index contributed by atoms with van der Waals surface area (Å²) in [5.41, 5.74) is 1.35. The summed E-state index contributed by atoms with van der Waals surface area (Å²) in [6, 6.07) is 3.10. The third kappa shape index (κ3) is 2.55. The van der Waals surface area contributed by atoms with Crippen LogP contribution in [-0.4, -0.2) is 5.33 Å². The highest BCUT2D eigenvalue weighted by atomic mass is 79.9. The van der Waals surface area contributed by atoms with E-state index >= 15 is 0 Å². The molecule has 0 fully saturated rings. The number of allylic oxidation sites excluding steroid dienone is 1. The van der Waals surface area contributed by atoms with Gasteiger partial charge in [-0.1, -0.05) is 45.7 Å². The molecule has 0 saturated carbocycles. The summed E-state index contributed by atoms with van der Waals surface area (Å²) >= 11 is 9.19. The van der Waals surface area contributed by atoms with Gasteiger partial charge in [-0.3, -0.25) is 0 Å². The van der Waals surface area contributed by atoms with E-state index in [9.17, 15) is 4.39 Å². The molecular formula is C10H9BrClF. The molecule has 1 aromatic carbocycles. The van der Waals surface area contributed by atoms with Crippen molar-refractivity contribution >= 4 is 33.6 Å². The summed E-state index contributed by atoms with van der Waals surface area (Å²) in [5, 5.41) is 1.25. The lowest BCUT2D eigenvalue weighted by Gasteiger charge is -2.02. The van der Waals surface area contributed by atoms with Gasteiger partial charge in [-0.2, -0.15) is 0 Å². The fourth-order valence-electron chi connectivity index (χ4n) is 0.983. The lowest BCUT2D eigenvalue weighted by Crippen LogP contribution is -1.86. The van der Waals surface area contributed by atoms with Gasteiger partial charge in [-0.05, 0) is 18.6 Å². The fraction of sp³-hybridized carbons (Fsp3) is 0.200. The van der Waals surface area contributed by atoms with Crippen LogP contribution in [0.25, 0.3) is 6.08 Å². The molecule has 1 rings (SSSR count). The fourth-order valence-corrected chi connectivity index (χ4v) is 1.39. The summed E-state index contributed by atoms with van der Waals surface area (Å²) < 4.78 is 13.0. The van der Waals surface area contributed by atoms with Gasteiger partial charge < -0.3 is 0 Å². The summed E-state index contributed by atoms with van der Waals surface area (Å²) in [5.74, 6) is -0.263. The van der Waals surface area contributed by atoms with Crippen molar-refractivity contribution in [2.45, 2.75) is 6.92 Å². The summed E-state index contributed by atoms with van der Waals surface area (Å²) in [6.45, 7) is 1.67. The zero-order valence-corrected chi connectivity index (χ0v) is 9.49. The Morgan fingerprint density at radius 1 is 1.54 bits per heavy atom. The first-order chi connectivity index (χ1) is 6.16. The van der Waals surface area contributed by atoms with Crippen LogP contribution in [-0.2, 0) is 0 Å². The van der Waals surface area contributed by atoms with Crippen LogP contribution in [0.4, 0.5) is 4.39 Å². The highest BCUT2D eigenvalue weighted by molar-refractivity contribution is 9.09. The van der Waals surface area contributed by atoms with Crippen LogP contribution in [0.2, 0.25) is 5.02 Å². The van der Waals surface area contributed by atoms with E-state index in [1.54, 1.807) is 13.0 Å². The third-order valence-corrected chi connectivity index (χ3v) is 2.61. The molecule has 0 nitrogen and oxygen atoms in total.